The third kappa shape index (κ3) is 4.89. The molecule has 1 unspecified atom stereocenters. The maximum Gasteiger partial charge on any atom is 0.0391 e. The Hall–Kier alpha value is -0.180. The van der Waals surface area contributed by atoms with Crippen molar-refractivity contribution in [2.24, 2.45) is 0 Å². The molecule has 0 aliphatic heterocycles. The molecular weight excluding hydrogens is 214 g/mol. The summed E-state index contributed by atoms with van der Waals surface area (Å²) in [5.74, 6) is 0. The number of rotatable bonds is 4. The van der Waals surface area contributed by atoms with Gasteiger partial charge in [0.25, 0.3) is 0 Å². The SMILES string of the molecule is CC(C)NCC(S)c1ccccc1.Cl. The van der Waals surface area contributed by atoms with E-state index in [9.17, 15) is 0 Å². The summed E-state index contributed by atoms with van der Waals surface area (Å²) >= 11 is 4.53. The summed E-state index contributed by atoms with van der Waals surface area (Å²) in [6, 6.07) is 10.9. The van der Waals surface area contributed by atoms with Crippen LogP contribution in [0, 0.1) is 0 Å². The van der Waals surface area contributed by atoms with E-state index in [-0.39, 0.29) is 12.4 Å². The largest absolute Gasteiger partial charge is 0.313 e. The molecule has 0 bridgehead atoms. The minimum absolute atomic E-state index is 0. The number of thiol groups is 1. The van der Waals surface area contributed by atoms with Gasteiger partial charge in [0.2, 0.25) is 0 Å². The van der Waals surface area contributed by atoms with Crippen LogP contribution < -0.4 is 5.32 Å². The number of hydrogen-bond acceptors (Lipinski definition) is 2. The maximum atomic E-state index is 4.53. The van der Waals surface area contributed by atoms with Crippen LogP contribution in [-0.4, -0.2) is 12.6 Å². The Morgan fingerprint density at radius 3 is 2.29 bits per heavy atom. The van der Waals surface area contributed by atoms with Gasteiger partial charge in [0, 0.05) is 17.8 Å². The lowest BCUT2D eigenvalue weighted by molar-refractivity contribution is 0.587. The predicted octanol–water partition coefficient (Wildman–Crippen LogP) is 3.08. The van der Waals surface area contributed by atoms with Crippen molar-refractivity contribution in [1.29, 1.82) is 0 Å². The Morgan fingerprint density at radius 2 is 1.79 bits per heavy atom. The number of nitrogens with one attached hydrogen (secondary N) is 1. The smallest absolute Gasteiger partial charge is 0.0391 e. The van der Waals surface area contributed by atoms with E-state index in [1.54, 1.807) is 0 Å². The van der Waals surface area contributed by atoms with E-state index < -0.39 is 0 Å². The van der Waals surface area contributed by atoms with Crippen molar-refractivity contribution in [2.75, 3.05) is 6.54 Å². The quantitative estimate of drug-likeness (QED) is 0.760. The molecule has 0 aliphatic carbocycles. The Kier molecular flexibility index (Phi) is 7.06. The summed E-state index contributed by atoms with van der Waals surface area (Å²) in [4.78, 5) is 0. The van der Waals surface area contributed by atoms with E-state index in [4.69, 9.17) is 0 Å². The second-order valence-electron chi connectivity index (χ2n) is 3.49. The van der Waals surface area contributed by atoms with Crippen molar-refractivity contribution in [3.8, 4) is 0 Å². The fraction of sp³-hybridized carbons (Fsp3) is 0.455. The molecule has 0 aromatic heterocycles. The topological polar surface area (TPSA) is 12.0 Å². The lowest BCUT2D eigenvalue weighted by atomic mass is 10.1. The fourth-order valence-electron chi connectivity index (χ4n) is 1.14. The highest BCUT2D eigenvalue weighted by atomic mass is 35.5. The van der Waals surface area contributed by atoms with Crippen LogP contribution in [0.4, 0.5) is 0 Å². The normalized spacial score (nSPS) is 12.3. The van der Waals surface area contributed by atoms with Crippen molar-refractivity contribution in [2.45, 2.75) is 25.1 Å². The van der Waals surface area contributed by atoms with Crippen LogP contribution in [0.5, 0.6) is 0 Å². The van der Waals surface area contributed by atoms with Crippen LogP contribution in [-0.2, 0) is 0 Å². The molecule has 3 heteroatoms. The number of halogens is 1. The van der Waals surface area contributed by atoms with Crippen molar-refractivity contribution in [1.82, 2.24) is 5.32 Å². The molecule has 1 atom stereocenters. The zero-order valence-corrected chi connectivity index (χ0v) is 10.3. The minimum atomic E-state index is 0. The molecular formula is C11H18ClNS. The average Bonchev–Trinajstić information content (AvgIpc) is 2.15. The van der Waals surface area contributed by atoms with Gasteiger partial charge in [-0.2, -0.15) is 12.6 Å². The van der Waals surface area contributed by atoms with Gasteiger partial charge in [-0.05, 0) is 5.56 Å². The molecule has 0 aliphatic rings. The summed E-state index contributed by atoms with van der Waals surface area (Å²) in [5, 5.41) is 3.66. The summed E-state index contributed by atoms with van der Waals surface area (Å²) < 4.78 is 0. The Labute approximate surface area is 98.1 Å². The molecule has 1 aromatic carbocycles. The van der Waals surface area contributed by atoms with Gasteiger partial charge in [0.15, 0.2) is 0 Å². The van der Waals surface area contributed by atoms with Gasteiger partial charge < -0.3 is 5.32 Å². The van der Waals surface area contributed by atoms with E-state index in [2.05, 4.69) is 43.9 Å². The van der Waals surface area contributed by atoms with E-state index in [0.29, 0.717) is 11.3 Å². The molecule has 0 spiro atoms. The molecule has 0 saturated heterocycles. The monoisotopic (exact) mass is 231 g/mol. The van der Waals surface area contributed by atoms with Crippen LogP contribution in [0.15, 0.2) is 30.3 Å². The third-order valence-electron chi connectivity index (χ3n) is 1.90. The highest BCUT2D eigenvalue weighted by molar-refractivity contribution is 7.80. The van der Waals surface area contributed by atoms with Gasteiger partial charge in [-0.25, -0.2) is 0 Å². The molecule has 14 heavy (non-hydrogen) atoms. The first-order valence-electron chi connectivity index (χ1n) is 4.66. The van der Waals surface area contributed by atoms with Crippen LogP contribution >= 0.6 is 25.0 Å². The number of benzene rings is 1. The van der Waals surface area contributed by atoms with Crippen LogP contribution in [0.1, 0.15) is 24.7 Å². The molecule has 1 aromatic rings. The summed E-state index contributed by atoms with van der Waals surface area (Å²) in [7, 11) is 0. The van der Waals surface area contributed by atoms with Gasteiger partial charge in [0.05, 0.1) is 0 Å². The minimum Gasteiger partial charge on any atom is -0.313 e. The predicted molar refractivity (Wildman–Crippen MR) is 68.6 cm³/mol. The molecule has 1 rings (SSSR count). The van der Waals surface area contributed by atoms with Crippen LogP contribution in [0.25, 0.3) is 0 Å². The van der Waals surface area contributed by atoms with Gasteiger partial charge >= 0.3 is 0 Å². The van der Waals surface area contributed by atoms with Crippen molar-refractivity contribution >= 4 is 25.0 Å². The highest BCUT2D eigenvalue weighted by Crippen LogP contribution is 2.17. The van der Waals surface area contributed by atoms with E-state index in [1.807, 2.05) is 18.2 Å². The number of hydrogen-bond donors (Lipinski definition) is 2. The molecule has 0 heterocycles. The van der Waals surface area contributed by atoms with Crippen molar-refractivity contribution < 1.29 is 0 Å². The first-order chi connectivity index (χ1) is 6.20. The lowest BCUT2D eigenvalue weighted by Crippen LogP contribution is -2.26. The summed E-state index contributed by atoms with van der Waals surface area (Å²) in [5.41, 5.74) is 1.28. The second kappa shape index (κ2) is 7.16. The standard InChI is InChI=1S/C11H17NS.ClH/c1-9(2)12-8-11(13)10-6-4-3-5-7-10;/h3-7,9,11-13H,8H2,1-2H3;1H. The van der Waals surface area contributed by atoms with Crippen LogP contribution in [0.2, 0.25) is 0 Å². The summed E-state index contributed by atoms with van der Waals surface area (Å²) in [6.07, 6.45) is 0. The van der Waals surface area contributed by atoms with Crippen molar-refractivity contribution in [3.05, 3.63) is 35.9 Å². The molecule has 0 radical (unpaired) electrons. The molecule has 0 saturated carbocycles. The van der Waals surface area contributed by atoms with Gasteiger partial charge in [-0.15, -0.1) is 12.4 Å². The first kappa shape index (κ1) is 13.8. The lowest BCUT2D eigenvalue weighted by Gasteiger charge is -2.14. The zero-order chi connectivity index (χ0) is 9.68. The first-order valence-corrected chi connectivity index (χ1v) is 5.18. The van der Waals surface area contributed by atoms with Gasteiger partial charge in [-0.3, -0.25) is 0 Å². The molecule has 0 amide bonds. The molecule has 0 fully saturated rings. The second-order valence-corrected chi connectivity index (χ2v) is 4.11. The highest BCUT2D eigenvalue weighted by Gasteiger charge is 2.05. The Bertz CT molecular complexity index is 238. The molecule has 1 nitrogen and oxygen atoms in total. The van der Waals surface area contributed by atoms with Gasteiger partial charge in [-0.1, -0.05) is 44.2 Å². The zero-order valence-electron chi connectivity index (χ0n) is 8.60. The van der Waals surface area contributed by atoms with E-state index in [0.717, 1.165) is 6.54 Å². The van der Waals surface area contributed by atoms with Gasteiger partial charge in [0.1, 0.15) is 0 Å². The fourth-order valence-corrected chi connectivity index (χ4v) is 1.42. The van der Waals surface area contributed by atoms with E-state index in [1.165, 1.54) is 5.56 Å². The van der Waals surface area contributed by atoms with Crippen LogP contribution in [0.3, 0.4) is 0 Å². The Balaban J connectivity index is 0.00000169. The third-order valence-corrected chi connectivity index (χ3v) is 2.38. The summed E-state index contributed by atoms with van der Waals surface area (Å²) in [6.45, 7) is 5.21. The maximum absolute atomic E-state index is 4.53. The molecule has 1 N–H and O–H groups in total. The average molecular weight is 232 g/mol. The van der Waals surface area contributed by atoms with Crippen molar-refractivity contribution in [3.63, 3.8) is 0 Å². The Morgan fingerprint density at radius 1 is 1.21 bits per heavy atom. The van der Waals surface area contributed by atoms with E-state index >= 15 is 0 Å². The molecule has 80 valence electrons.